The van der Waals surface area contributed by atoms with E-state index >= 15 is 0 Å². The summed E-state index contributed by atoms with van der Waals surface area (Å²) in [4.78, 5) is 59.1. The maximum atomic E-state index is 13.4. The zero-order valence-corrected chi connectivity index (χ0v) is 29.4. The van der Waals surface area contributed by atoms with Crippen LogP contribution in [-0.4, -0.2) is 56.4 Å². The lowest BCUT2D eigenvalue weighted by Crippen LogP contribution is -2.33. The number of nitrogen functional groups attached to an aromatic ring is 1. The van der Waals surface area contributed by atoms with Crippen LogP contribution in [0.3, 0.4) is 0 Å². The topological polar surface area (TPSA) is 222 Å². The average Bonchev–Trinajstić information content (AvgIpc) is 3.17. The van der Waals surface area contributed by atoms with Gasteiger partial charge in [-0.1, -0.05) is 0 Å². The predicted molar refractivity (Wildman–Crippen MR) is 189 cm³/mol. The minimum Gasteiger partial charge on any atom is -0.492 e. The number of nitro groups is 1. The Hall–Kier alpha value is -7.12. The van der Waals surface area contributed by atoms with E-state index in [-0.39, 0.29) is 58.5 Å². The highest BCUT2D eigenvalue weighted by Crippen LogP contribution is 2.39. The van der Waals surface area contributed by atoms with E-state index in [9.17, 15) is 46.9 Å². The summed E-state index contributed by atoms with van der Waals surface area (Å²) in [7, 11) is 2.42. The van der Waals surface area contributed by atoms with Crippen LogP contribution in [0.2, 0.25) is 0 Å². The molecule has 4 amide bonds. The normalized spacial score (nSPS) is 15.1. The van der Waals surface area contributed by atoms with Gasteiger partial charge in [0.25, 0.3) is 17.5 Å². The van der Waals surface area contributed by atoms with Crippen molar-refractivity contribution in [2.45, 2.75) is 24.9 Å². The Kier molecular flexibility index (Phi) is 12.4. The summed E-state index contributed by atoms with van der Waals surface area (Å²) in [6.07, 6.45) is -0.603. The molecule has 0 unspecified atom stereocenters. The molecule has 0 saturated heterocycles. The van der Waals surface area contributed by atoms with Gasteiger partial charge < -0.3 is 45.9 Å². The third-order valence-electron chi connectivity index (χ3n) is 8.31. The second kappa shape index (κ2) is 17.3. The number of ether oxygens (including phenoxy) is 4. The Morgan fingerprint density at radius 2 is 1.14 bits per heavy atom. The Morgan fingerprint density at radius 3 is 1.57 bits per heavy atom. The van der Waals surface area contributed by atoms with Crippen LogP contribution < -0.4 is 36.5 Å². The minimum absolute atomic E-state index is 0.0448. The maximum absolute atomic E-state index is 13.4. The molecule has 294 valence electrons. The van der Waals surface area contributed by atoms with Gasteiger partial charge in [0.15, 0.2) is 23.3 Å². The van der Waals surface area contributed by atoms with Crippen molar-refractivity contribution >= 4 is 46.8 Å². The minimum atomic E-state index is -1.16. The van der Waals surface area contributed by atoms with Crippen molar-refractivity contribution in [3.63, 3.8) is 0 Å². The third-order valence-corrected chi connectivity index (χ3v) is 8.31. The summed E-state index contributed by atoms with van der Waals surface area (Å²) >= 11 is 0. The summed E-state index contributed by atoms with van der Waals surface area (Å²) in [6, 6.07) is 9.86. The summed E-state index contributed by atoms with van der Waals surface area (Å²) in [5, 5.41) is 21.3. The largest absolute Gasteiger partial charge is 0.492 e. The van der Waals surface area contributed by atoms with Crippen molar-refractivity contribution in [1.29, 1.82) is 0 Å². The number of hydrogen-bond donors (Lipinski definition) is 5. The predicted octanol–water partition coefficient (Wildman–Crippen LogP) is 6.28. The quantitative estimate of drug-likeness (QED) is 0.0607. The van der Waals surface area contributed by atoms with Gasteiger partial charge in [-0.2, -0.15) is 0 Å². The van der Waals surface area contributed by atoms with Crippen molar-refractivity contribution in [1.82, 2.24) is 10.6 Å². The van der Waals surface area contributed by atoms with Gasteiger partial charge in [-0.15, -0.1) is 0 Å². The van der Waals surface area contributed by atoms with Crippen molar-refractivity contribution in [3.05, 3.63) is 116 Å². The number of rotatable bonds is 7. The standard InChI is InChI=1S/C18H15F2N3O6.C18H17F2N3O4/c1-28-18(25)22-15-4-5-29-16-11(15)7-10(23(26)27)8-12(16)17(24)21-9-2-3-13(19)14(20)6-9;1-26-18(25)23-15-4-5-27-16-11(15)6-9(21)7-12(16)17(24)22-10-2-3-13(19)14(20)8-10/h2-3,6-8,15H,4-5H2,1H3,(H,21,24)(H,22,25);2-3,6-8,15H,4-5,21H2,1H3,(H,22,24)(H,23,25)/t2*15-/m00/s1. The molecular weight excluding hydrogens is 752 g/mol. The van der Waals surface area contributed by atoms with Gasteiger partial charge in [0.1, 0.15) is 11.5 Å². The lowest BCUT2D eigenvalue weighted by atomic mass is 9.96. The van der Waals surface area contributed by atoms with E-state index in [1.54, 1.807) is 6.07 Å². The van der Waals surface area contributed by atoms with E-state index < -0.39 is 70.0 Å². The highest BCUT2D eigenvalue weighted by Gasteiger charge is 2.32. The van der Waals surface area contributed by atoms with Gasteiger partial charge in [0, 0.05) is 65.3 Å². The van der Waals surface area contributed by atoms with Gasteiger partial charge in [-0.25, -0.2) is 27.2 Å². The zero-order chi connectivity index (χ0) is 40.7. The number of fused-ring (bicyclic) bond motifs is 2. The van der Waals surface area contributed by atoms with Crippen molar-refractivity contribution < 1.29 is 60.6 Å². The zero-order valence-electron chi connectivity index (χ0n) is 29.4. The molecule has 4 aromatic carbocycles. The number of methoxy groups -OCH3 is 2. The number of carbonyl (C=O) groups excluding carboxylic acids is 4. The maximum Gasteiger partial charge on any atom is 0.407 e. The number of alkyl carbamates (subject to hydrolysis) is 2. The molecule has 0 bridgehead atoms. The van der Waals surface area contributed by atoms with E-state index in [2.05, 4.69) is 30.7 Å². The summed E-state index contributed by atoms with van der Waals surface area (Å²) < 4.78 is 73.2. The molecule has 56 heavy (non-hydrogen) atoms. The fourth-order valence-corrected chi connectivity index (χ4v) is 5.71. The number of halogens is 4. The summed E-state index contributed by atoms with van der Waals surface area (Å²) in [6.45, 7) is 0.391. The molecule has 0 spiro atoms. The second-order valence-corrected chi connectivity index (χ2v) is 12.0. The molecule has 6 N–H and O–H groups in total. The van der Waals surface area contributed by atoms with Gasteiger partial charge in [0.05, 0.1) is 55.6 Å². The number of nitrogens with one attached hydrogen (secondary N) is 4. The van der Waals surface area contributed by atoms with E-state index in [1.807, 2.05) is 0 Å². The Morgan fingerprint density at radius 1 is 0.696 bits per heavy atom. The summed E-state index contributed by atoms with van der Waals surface area (Å²) in [5.74, 6) is -5.48. The molecule has 2 aliphatic rings. The van der Waals surface area contributed by atoms with Crippen molar-refractivity contribution in [2.75, 3.05) is 43.8 Å². The van der Waals surface area contributed by atoms with Crippen LogP contribution in [0.1, 0.15) is 56.8 Å². The van der Waals surface area contributed by atoms with E-state index in [0.717, 1.165) is 36.4 Å². The number of non-ortho nitro benzene ring substituents is 1. The Labute approximate surface area is 314 Å². The number of amides is 4. The third kappa shape index (κ3) is 9.32. The first kappa shape index (κ1) is 40.1. The average molecular weight is 785 g/mol. The first-order chi connectivity index (χ1) is 26.7. The fraction of sp³-hybridized carbons (Fsp3) is 0.222. The molecule has 16 nitrogen and oxygen atoms in total. The number of anilines is 3. The van der Waals surface area contributed by atoms with Crippen LogP contribution in [0.15, 0.2) is 60.7 Å². The first-order valence-electron chi connectivity index (χ1n) is 16.4. The molecule has 0 aliphatic carbocycles. The van der Waals surface area contributed by atoms with Gasteiger partial charge in [0.2, 0.25) is 0 Å². The molecule has 4 aromatic rings. The Bertz CT molecular complexity index is 2210. The Balaban J connectivity index is 0.000000215. The van der Waals surface area contributed by atoms with Crippen molar-refractivity contribution in [2.24, 2.45) is 0 Å². The lowest BCUT2D eigenvalue weighted by Gasteiger charge is -2.28. The first-order valence-corrected chi connectivity index (χ1v) is 16.4. The number of nitrogens with zero attached hydrogens (tertiary/aromatic N) is 1. The molecule has 0 fully saturated rings. The SMILES string of the molecule is COC(=O)N[C@H]1CCOc2c(C(=O)Nc3ccc(F)c(F)c3)cc(N)cc21.COC(=O)N[C@H]1CCOc2c(C(=O)Nc3ccc(F)c(F)c3)cc([N+](=O)[O-])cc21. The molecular formula is C36H32F4N6O10. The van der Waals surface area contributed by atoms with Gasteiger partial charge >= 0.3 is 12.2 Å². The van der Waals surface area contributed by atoms with Gasteiger partial charge in [-0.05, 0) is 36.4 Å². The number of benzene rings is 4. The highest BCUT2D eigenvalue weighted by molar-refractivity contribution is 6.08. The number of hydrogen-bond acceptors (Lipinski definition) is 11. The van der Waals surface area contributed by atoms with Crippen molar-refractivity contribution in [3.8, 4) is 11.5 Å². The van der Waals surface area contributed by atoms with Crippen LogP contribution in [0, 0.1) is 33.4 Å². The molecule has 2 atom stereocenters. The highest BCUT2D eigenvalue weighted by atomic mass is 19.2. The van der Waals surface area contributed by atoms with Crippen LogP contribution in [0.25, 0.3) is 0 Å². The van der Waals surface area contributed by atoms with Crippen LogP contribution >= 0.6 is 0 Å². The van der Waals surface area contributed by atoms with Crippen LogP contribution in [-0.2, 0) is 9.47 Å². The number of carbonyl (C=O) groups is 4. The fourth-order valence-electron chi connectivity index (χ4n) is 5.71. The molecule has 0 aromatic heterocycles. The molecule has 2 heterocycles. The molecule has 0 saturated carbocycles. The van der Waals surface area contributed by atoms with Crippen LogP contribution in [0.4, 0.5) is 49.9 Å². The number of nitro benzene ring substituents is 1. The smallest absolute Gasteiger partial charge is 0.407 e. The molecule has 6 rings (SSSR count). The number of nitrogens with two attached hydrogens (primary N) is 1. The molecule has 2 aliphatic heterocycles. The van der Waals surface area contributed by atoms with E-state index in [1.165, 1.54) is 32.4 Å². The summed E-state index contributed by atoms with van der Waals surface area (Å²) in [5.41, 5.74) is 6.50. The van der Waals surface area contributed by atoms with E-state index in [4.69, 9.17) is 15.2 Å². The van der Waals surface area contributed by atoms with Crippen LogP contribution in [0.5, 0.6) is 11.5 Å². The monoisotopic (exact) mass is 784 g/mol. The molecule has 0 radical (unpaired) electrons. The molecule has 20 heteroatoms. The van der Waals surface area contributed by atoms with E-state index in [0.29, 0.717) is 18.4 Å². The second-order valence-electron chi connectivity index (χ2n) is 12.0. The lowest BCUT2D eigenvalue weighted by molar-refractivity contribution is -0.385. The van der Waals surface area contributed by atoms with Gasteiger partial charge in [-0.3, -0.25) is 19.7 Å².